The van der Waals surface area contributed by atoms with E-state index in [1.807, 2.05) is 6.92 Å². The molecule has 0 heterocycles. The van der Waals surface area contributed by atoms with Crippen LogP contribution in [0.2, 0.25) is 0 Å². The van der Waals surface area contributed by atoms with E-state index in [0.717, 1.165) is 19.0 Å². The molecule has 0 unspecified atom stereocenters. The van der Waals surface area contributed by atoms with E-state index in [2.05, 4.69) is 5.32 Å². The number of nitrogens with one attached hydrogen (secondary N) is 1. The van der Waals surface area contributed by atoms with Gasteiger partial charge in [-0.3, -0.25) is 0 Å². The van der Waals surface area contributed by atoms with Crippen molar-refractivity contribution in [3.05, 3.63) is 11.8 Å². The highest BCUT2D eigenvalue weighted by Crippen LogP contribution is 1.85. The van der Waals surface area contributed by atoms with Gasteiger partial charge in [0.1, 0.15) is 0 Å². The average molecular weight is 143 g/mol. The van der Waals surface area contributed by atoms with Gasteiger partial charge in [-0.05, 0) is 13.3 Å². The third kappa shape index (κ3) is 5.15. The summed E-state index contributed by atoms with van der Waals surface area (Å²) in [4.78, 5) is 10.1. The summed E-state index contributed by atoms with van der Waals surface area (Å²) in [6, 6.07) is 0. The van der Waals surface area contributed by atoms with E-state index in [0.29, 0.717) is 5.70 Å². The molecule has 0 radical (unpaired) electrons. The van der Waals surface area contributed by atoms with Crippen molar-refractivity contribution >= 4 is 5.97 Å². The average Bonchev–Trinajstić information content (AvgIpc) is 1.82. The maximum Gasteiger partial charge on any atom is 0.330 e. The zero-order valence-corrected chi connectivity index (χ0v) is 6.35. The summed E-state index contributed by atoms with van der Waals surface area (Å²) in [5, 5.41) is 11.2. The minimum Gasteiger partial charge on any atom is -0.478 e. The lowest BCUT2D eigenvalue weighted by Crippen LogP contribution is -2.12. The summed E-state index contributed by atoms with van der Waals surface area (Å²) in [6.07, 6.45) is 2.17. The van der Waals surface area contributed by atoms with Gasteiger partial charge >= 0.3 is 5.97 Å². The van der Waals surface area contributed by atoms with Crippen molar-refractivity contribution in [2.24, 2.45) is 0 Å². The zero-order chi connectivity index (χ0) is 7.98. The highest BCUT2D eigenvalue weighted by atomic mass is 16.4. The first-order chi connectivity index (χ1) is 4.66. The molecular weight excluding hydrogens is 130 g/mol. The highest BCUT2D eigenvalue weighted by molar-refractivity contribution is 5.80. The van der Waals surface area contributed by atoms with Gasteiger partial charge in [0.15, 0.2) is 0 Å². The van der Waals surface area contributed by atoms with Crippen LogP contribution in [0.3, 0.4) is 0 Å². The van der Waals surface area contributed by atoms with Gasteiger partial charge in [-0.2, -0.15) is 0 Å². The molecule has 0 aromatic rings. The predicted octanol–water partition coefficient (Wildman–Crippen LogP) is 0.974. The van der Waals surface area contributed by atoms with Crippen molar-refractivity contribution in [3.63, 3.8) is 0 Å². The van der Waals surface area contributed by atoms with Gasteiger partial charge in [0.2, 0.25) is 0 Å². The van der Waals surface area contributed by atoms with Crippen molar-refractivity contribution in [1.29, 1.82) is 0 Å². The fourth-order valence-corrected chi connectivity index (χ4v) is 0.558. The molecule has 3 nitrogen and oxygen atoms in total. The summed E-state index contributed by atoms with van der Waals surface area (Å²) in [5.74, 6) is -0.902. The summed E-state index contributed by atoms with van der Waals surface area (Å²) < 4.78 is 0. The molecule has 0 atom stereocenters. The molecule has 2 N–H and O–H groups in total. The molecule has 10 heavy (non-hydrogen) atoms. The molecule has 0 spiro atoms. The number of allylic oxidation sites excluding steroid dienone is 1. The van der Waals surface area contributed by atoms with Crippen molar-refractivity contribution in [2.45, 2.75) is 20.3 Å². The molecule has 0 saturated carbocycles. The van der Waals surface area contributed by atoms with E-state index < -0.39 is 5.97 Å². The Morgan fingerprint density at radius 2 is 2.30 bits per heavy atom. The second-order valence-corrected chi connectivity index (χ2v) is 2.09. The Morgan fingerprint density at radius 3 is 2.70 bits per heavy atom. The van der Waals surface area contributed by atoms with Crippen LogP contribution in [-0.4, -0.2) is 17.6 Å². The van der Waals surface area contributed by atoms with Crippen LogP contribution in [0.25, 0.3) is 0 Å². The lowest BCUT2D eigenvalue weighted by molar-refractivity contribution is -0.131. The molecule has 0 bridgehead atoms. The van der Waals surface area contributed by atoms with Gasteiger partial charge < -0.3 is 10.4 Å². The van der Waals surface area contributed by atoms with E-state index in [1.165, 1.54) is 0 Å². The fourth-order valence-electron chi connectivity index (χ4n) is 0.558. The van der Waals surface area contributed by atoms with Crippen LogP contribution in [0, 0.1) is 0 Å². The summed E-state index contributed by atoms with van der Waals surface area (Å²) in [6.45, 7) is 4.60. The van der Waals surface area contributed by atoms with E-state index in [9.17, 15) is 4.79 Å². The smallest absolute Gasteiger partial charge is 0.330 e. The lowest BCUT2D eigenvalue weighted by atomic mass is 10.4. The second-order valence-electron chi connectivity index (χ2n) is 2.09. The molecule has 0 fully saturated rings. The molecular formula is C7H13NO2. The topological polar surface area (TPSA) is 49.3 Å². The van der Waals surface area contributed by atoms with Crippen LogP contribution in [0.15, 0.2) is 11.8 Å². The quantitative estimate of drug-likeness (QED) is 0.576. The molecule has 0 aliphatic rings. The van der Waals surface area contributed by atoms with Gasteiger partial charge in [-0.1, -0.05) is 6.92 Å². The Morgan fingerprint density at radius 1 is 1.70 bits per heavy atom. The highest BCUT2D eigenvalue weighted by Gasteiger charge is 1.90. The largest absolute Gasteiger partial charge is 0.478 e. The number of carboxylic acids is 1. The van der Waals surface area contributed by atoms with Crippen LogP contribution in [-0.2, 0) is 4.79 Å². The molecule has 0 aliphatic heterocycles. The van der Waals surface area contributed by atoms with Crippen molar-refractivity contribution in [1.82, 2.24) is 5.32 Å². The fraction of sp³-hybridized carbons (Fsp3) is 0.571. The normalized spacial score (nSPS) is 11.2. The lowest BCUT2D eigenvalue weighted by Gasteiger charge is -2.01. The Balaban J connectivity index is 3.60. The van der Waals surface area contributed by atoms with E-state index in [-0.39, 0.29) is 0 Å². The molecule has 0 aromatic heterocycles. The molecule has 58 valence electrons. The van der Waals surface area contributed by atoms with Crippen LogP contribution >= 0.6 is 0 Å². The van der Waals surface area contributed by atoms with Crippen LogP contribution in [0.5, 0.6) is 0 Å². The van der Waals surface area contributed by atoms with Crippen molar-refractivity contribution in [3.8, 4) is 0 Å². The Kier molecular flexibility index (Phi) is 4.37. The number of carbonyl (C=O) groups is 1. The third-order valence-corrected chi connectivity index (χ3v) is 0.994. The Bertz CT molecular complexity index is 141. The molecule has 0 aromatic carbocycles. The summed E-state index contributed by atoms with van der Waals surface area (Å²) in [5.41, 5.74) is 0.703. The van der Waals surface area contributed by atoms with Gasteiger partial charge in [-0.25, -0.2) is 4.79 Å². The van der Waals surface area contributed by atoms with Crippen molar-refractivity contribution in [2.75, 3.05) is 6.54 Å². The molecule has 3 heteroatoms. The number of aliphatic carboxylic acids is 1. The first-order valence-electron chi connectivity index (χ1n) is 3.32. The molecule has 0 rings (SSSR count). The van der Waals surface area contributed by atoms with E-state index in [1.54, 1.807) is 6.92 Å². The standard InChI is InChI=1S/C7H13NO2/c1-3-4-8-6(2)5-7(9)10/h5,8H,3-4H2,1-2H3,(H,9,10). The first-order valence-corrected chi connectivity index (χ1v) is 3.32. The van der Waals surface area contributed by atoms with Crippen molar-refractivity contribution < 1.29 is 9.90 Å². The van der Waals surface area contributed by atoms with Crippen LogP contribution in [0.4, 0.5) is 0 Å². The monoisotopic (exact) mass is 143 g/mol. The molecule has 0 aliphatic carbocycles. The maximum atomic E-state index is 10.1. The molecule has 0 amide bonds. The van der Waals surface area contributed by atoms with Crippen LogP contribution in [0.1, 0.15) is 20.3 Å². The zero-order valence-electron chi connectivity index (χ0n) is 6.35. The van der Waals surface area contributed by atoms with Gasteiger partial charge in [0, 0.05) is 18.3 Å². The predicted molar refractivity (Wildman–Crippen MR) is 39.7 cm³/mol. The van der Waals surface area contributed by atoms with Crippen LogP contribution < -0.4 is 5.32 Å². The minimum absolute atomic E-state index is 0.703. The SMILES string of the molecule is CCCNC(C)=CC(=O)O. The van der Waals surface area contributed by atoms with E-state index in [4.69, 9.17) is 5.11 Å². The number of hydrogen-bond donors (Lipinski definition) is 2. The summed E-state index contributed by atoms with van der Waals surface area (Å²) in [7, 11) is 0. The van der Waals surface area contributed by atoms with Gasteiger partial charge in [0.25, 0.3) is 0 Å². The summed E-state index contributed by atoms with van der Waals surface area (Å²) >= 11 is 0. The number of carboxylic acid groups (broad SMARTS) is 1. The first kappa shape index (κ1) is 9.01. The third-order valence-electron chi connectivity index (χ3n) is 0.994. The maximum absolute atomic E-state index is 10.1. The van der Waals surface area contributed by atoms with Gasteiger partial charge in [-0.15, -0.1) is 0 Å². The number of hydrogen-bond acceptors (Lipinski definition) is 2. The van der Waals surface area contributed by atoms with Gasteiger partial charge in [0.05, 0.1) is 0 Å². The Labute approximate surface area is 60.7 Å². The molecule has 0 saturated heterocycles. The Hall–Kier alpha value is -0.990. The minimum atomic E-state index is -0.902. The van der Waals surface area contributed by atoms with E-state index >= 15 is 0 Å². The second kappa shape index (κ2) is 4.85. The number of rotatable bonds is 4.